The zero-order valence-corrected chi connectivity index (χ0v) is 15.3. The number of amides is 1. The third-order valence-electron chi connectivity index (χ3n) is 4.96. The van der Waals surface area contributed by atoms with Gasteiger partial charge < -0.3 is 14.7 Å². The Labute approximate surface area is 152 Å². The molecule has 1 aromatic rings. The predicted molar refractivity (Wildman–Crippen MR) is 102 cm³/mol. The van der Waals surface area contributed by atoms with Gasteiger partial charge in [0.25, 0.3) is 0 Å². The van der Waals surface area contributed by atoms with Gasteiger partial charge in [0.2, 0.25) is 5.91 Å². The van der Waals surface area contributed by atoms with Crippen molar-refractivity contribution in [2.75, 3.05) is 44.2 Å². The van der Waals surface area contributed by atoms with Crippen molar-refractivity contribution in [3.8, 4) is 0 Å². The van der Waals surface area contributed by atoms with Gasteiger partial charge in [0.1, 0.15) is 0 Å². The van der Waals surface area contributed by atoms with Crippen LogP contribution in [-0.4, -0.2) is 65.1 Å². The molecule has 6 nitrogen and oxygen atoms in total. The molecule has 1 fully saturated rings. The number of aliphatic imine (C=N–C) groups is 1. The van der Waals surface area contributed by atoms with E-state index >= 15 is 0 Å². The van der Waals surface area contributed by atoms with E-state index in [1.807, 2.05) is 17.3 Å². The van der Waals surface area contributed by atoms with Crippen molar-refractivity contribution in [1.29, 1.82) is 0 Å². The fraction of sp³-hybridized carbons (Fsp3) is 0.500. The van der Waals surface area contributed by atoms with Gasteiger partial charge in [-0.05, 0) is 30.4 Å². The standard InChI is InChI=1S/C18H23N5OS/c1-14-12-19-4-3-16(14)21-6-2-7-22(10-9-21)17(24)11-15-13-25-18-20-5-8-23(15)18/h3-4,12-13H,2,5-11H2,1H3. The predicted octanol–water partition coefficient (Wildman–Crippen LogP) is 2.08. The maximum Gasteiger partial charge on any atom is 0.228 e. The van der Waals surface area contributed by atoms with Crippen LogP contribution in [0.2, 0.25) is 0 Å². The number of pyridine rings is 1. The third kappa shape index (κ3) is 3.38. The number of rotatable bonds is 3. The van der Waals surface area contributed by atoms with Gasteiger partial charge in [-0.3, -0.25) is 14.8 Å². The maximum absolute atomic E-state index is 12.8. The Morgan fingerprint density at radius 3 is 3.04 bits per heavy atom. The summed E-state index contributed by atoms with van der Waals surface area (Å²) in [6, 6.07) is 2.07. The van der Waals surface area contributed by atoms with E-state index in [4.69, 9.17) is 0 Å². The molecule has 4 heterocycles. The van der Waals surface area contributed by atoms with Gasteiger partial charge in [0.05, 0.1) is 13.0 Å². The normalized spacial score (nSPS) is 20.3. The minimum atomic E-state index is 0.230. The minimum Gasteiger partial charge on any atom is -0.369 e. The average Bonchev–Trinajstić information content (AvgIpc) is 3.13. The van der Waals surface area contributed by atoms with E-state index in [9.17, 15) is 4.79 Å². The number of nitrogens with zero attached hydrogens (tertiary/aromatic N) is 5. The Hall–Kier alpha value is -2.02. The molecule has 0 saturated carbocycles. The highest BCUT2D eigenvalue weighted by atomic mass is 32.2. The first kappa shape index (κ1) is 16.4. The number of aryl methyl sites for hydroxylation is 1. The van der Waals surface area contributed by atoms with Crippen molar-refractivity contribution in [3.63, 3.8) is 0 Å². The van der Waals surface area contributed by atoms with Crippen LogP contribution in [0.15, 0.2) is 34.6 Å². The number of fused-ring (bicyclic) bond motifs is 1. The van der Waals surface area contributed by atoms with Crippen LogP contribution in [-0.2, 0) is 4.79 Å². The van der Waals surface area contributed by atoms with Crippen molar-refractivity contribution in [1.82, 2.24) is 14.8 Å². The van der Waals surface area contributed by atoms with E-state index in [1.165, 1.54) is 11.3 Å². The summed E-state index contributed by atoms with van der Waals surface area (Å²) in [4.78, 5) is 28.0. The fourth-order valence-corrected chi connectivity index (χ4v) is 4.56. The smallest absolute Gasteiger partial charge is 0.228 e. The molecule has 0 radical (unpaired) electrons. The Kier molecular flexibility index (Phi) is 4.65. The van der Waals surface area contributed by atoms with Gasteiger partial charge in [0, 0.05) is 56.5 Å². The Morgan fingerprint density at radius 1 is 1.24 bits per heavy atom. The highest BCUT2D eigenvalue weighted by Gasteiger charge is 2.29. The lowest BCUT2D eigenvalue weighted by molar-refractivity contribution is -0.130. The van der Waals surface area contributed by atoms with Gasteiger partial charge in [0.15, 0.2) is 5.17 Å². The Morgan fingerprint density at radius 2 is 2.16 bits per heavy atom. The monoisotopic (exact) mass is 357 g/mol. The molecule has 1 amide bonds. The summed E-state index contributed by atoms with van der Waals surface area (Å²) in [7, 11) is 0. The molecule has 25 heavy (non-hydrogen) atoms. The summed E-state index contributed by atoms with van der Waals surface area (Å²) < 4.78 is 0. The number of amidine groups is 1. The van der Waals surface area contributed by atoms with Gasteiger partial charge in [-0.25, -0.2) is 0 Å². The van der Waals surface area contributed by atoms with E-state index in [0.29, 0.717) is 6.42 Å². The molecular weight excluding hydrogens is 334 g/mol. The van der Waals surface area contributed by atoms with Gasteiger partial charge in [-0.2, -0.15) is 0 Å². The van der Waals surface area contributed by atoms with Gasteiger partial charge >= 0.3 is 0 Å². The lowest BCUT2D eigenvalue weighted by Gasteiger charge is -2.25. The molecule has 3 aliphatic heterocycles. The van der Waals surface area contributed by atoms with Crippen molar-refractivity contribution in [2.45, 2.75) is 19.8 Å². The third-order valence-corrected chi connectivity index (χ3v) is 5.91. The number of thioether (sulfide) groups is 1. The van der Waals surface area contributed by atoms with E-state index in [-0.39, 0.29) is 5.91 Å². The molecule has 0 aromatic carbocycles. The zero-order chi connectivity index (χ0) is 17.2. The van der Waals surface area contributed by atoms with Crippen LogP contribution in [0.25, 0.3) is 0 Å². The number of aromatic nitrogens is 1. The summed E-state index contributed by atoms with van der Waals surface area (Å²) in [5, 5.41) is 3.14. The quantitative estimate of drug-likeness (QED) is 0.829. The van der Waals surface area contributed by atoms with Crippen LogP contribution in [0.1, 0.15) is 18.4 Å². The molecular formula is C18H23N5OS. The number of hydrogen-bond acceptors (Lipinski definition) is 6. The molecule has 3 aliphatic rings. The molecule has 1 saturated heterocycles. The summed E-state index contributed by atoms with van der Waals surface area (Å²) in [5.74, 6) is 0.230. The molecule has 7 heteroatoms. The molecule has 132 valence electrons. The fourth-order valence-electron chi connectivity index (χ4n) is 3.61. The summed E-state index contributed by atoms with van der Waals surface area (Å²) in [5.41, 5.74) is 3.53. The maximum atomic E-state index is 12.8. The van der Waals surface area contributed by atoms with Gasteiger partial charge in [-0.15, -0.1) is 0 Å². The summed E-state index contributed by atoms with van der Waals surface area (Å²) >= 11 is 1.64. The molecule has 4 rings (SSSR count). The Balaban J connectivity index is 1.37. The van der Waals surface area contributed by atoms with E-state index in [2.05, 4.69) is 38.2 Å². The van der Waals surface area contributed by atoms with Crippen molar-refractivity contribution >= 4 is 28.5 Å². The highest BCUT2D eigenvalue weighted by molar-refractivity contribution is 8.16. The second kappa shape index (κ2) is 7.07. The van der Waals surface area contributed by atoms with E-state index in [0.717, 1.165) is 56.6 Å². The largest absolute Gasteiger partial charge is 0.369 e. The second-order valence-electron chi connectivity index (χ2n) is 6.60. The number of carbonyl (C=O) groups is 1. The first-order valence-corrected chi connectivity index (χ1v) is 9.71. The van der Waals surface area contributed by atoms with Crippen molar-refractivity contribution < 1.29 is 4.79 Å². The first-order chi connectivity index (χ1) is 12.2. The van der Waals surface area contributed by atoms with Crippen LogP contribution >= 0.6 is 11.8 Å². The molecule has 1 aromatic heterocycles. The molecule has 0 unspecified atom stereocenters. The van der Waals surface area contributed by atoms with Crippen molar-refractivity contribution in [2.24, 2.45) is 4.99 Å². The summed E-state index contributed by atoms with van der Waals surface area (Å²) in [6.07, 6.45) is 5.23. The van der Waals surface area contributed by atoms with Crippen LogP contribution < -0.4 is 4.90 Å². The lowest BCUT2D eigenvalue weighted by atomic mass is 10.2. The van der Waals surface area contributed by atoms with Crippen LogP contribution in [0, 0.1) is 6.92 Å². The van der Waals surface area contributed by atoms with E-state index < -0.39 is 0 Å². The number of anilines is 1. The highest BCUT2D eigenvalue weighted by Crippen LogP contribution is 2.31. The topological polar surface area (TPSA) is 52.0 Å². The van der Waals surface area contributed by atoms with Crippen LogP contribution in [0.4, 0.5) is 5.69 Å². The first-order valence-electron chi connectivity index (χ1n) is 8.83. The summed E-state index contributed by atoms with van der Waals surface area (Å²) in [6.45, 7) is 7.32. The van der Waals surface area contributed by atoms with E-state index in [1.54, 1.807) is 11.8 Å². The molecule has 0 spiro atoms. The minimum absolute atomic E-state index is 0.230. The molecule has 0 atom stereocenters. The second-order valence-corrected chi connectivity index (χ2v) is 7.44. The molecule has 0 bridgehead atoms. The van der Waals surface area contributed by atoms with Crippen molar-refractivity contribution in [3.05, 3.63) is 35.1 Å². The number of carbonyl (C=O) groups excluding carboxylic acids is 1. The SMILES string of the molecule is Cc1cnccc1N1CCCN(C(=O)CC2=CSC3=NCCN23)CC1. The lowest BCUT2D eigenvalue weighted by Crippen LogP contribution is -2.36. The molecule has 0 N–H and O–H groups in total. The van der Waals surface area contributed by atoms with Crippen LogP contribution in [0.5, 0.6) is 0 Å². The Bertz CT molecular complexity index is 732. The average molecular weight is 357 g/mol. The number of hydrogen-bond donors (Lipinski definition) is 0. The molecule has 0 aliphatic carbocycles. The zero-order valence-electron chi connectivity index (χ0n) is 14.5. The van der Waals surface area contributed by atoms with Crippen LogP contribution in [0.3, 0.4) is 0 Å². The van der Waals surface area contributed by atoms with Gasteiger partial charge in [-0.1, -0.05) is 11.8 Å².